The predicted octanol–water partition coefficient (Wildman–Crippen LogP) is 3.36. The summed E-state index contributed by atoms with van der Waals surface area (Å²) >= 11 is 11.6. The molecule has 1 aliphatic carbocycles. The minimum absolute atomic E-state index is 0.00789. The summed E-state index contributed by atoms with van der Waals surface area (Å²) in [5.74, 6) is -1.60. The number of ketones is 2. The monoisotopic (exact) mass is 635 g/mol. The average Bonchev–Trinajstić information content (AvgIpc) is 2.86. The van der Waals surface area contributed by atoms with E-state index in [1.54, 1.807) is 6.07 Å². The van der Waals surface area contributed by atoms with Crippen LogP contribution in [0.5, 0.6) is 0 Å². The number of halogens is 2. The van der Waals surface area contributed by atoms with E-state index in [2.05, 4.69) is 20.3 Å². The third-order valence-corrected chi connectivity index (χ3v) is 8.25. The minimum Gasteiger partial charge on any atom is -0.397 e. The summed E-state index contributed by atoms with van der Waals surface area (Å²) in [5, 5.41) is 1.95. The van der Waals surface area contributed by atoms with E-state index in [9.17, 15) is 35.5 Å². The molecule has 0 bridgehead atoms. The van der Waals surface area contributed by atoms with E-state index in [-0.39, 0.29) is 62.0 Å². The normalized spacial score (nSPS) is 13.1. The molecule has 0 unspecified atom stereocenters. The lowest BCUT2D eigenvalue weighted by Gasteiger charge is -2.23. The molecule has 5 rings (SSSR count). The molecule has 3 aromatic carbocycles. The summed E-state index contributed by atoms with van der Waals surface area (Å²) < 4.78 is 68.0. The van der Waals surface area contributed by atoms with Crippen molar-refractivity contribution in [2.75, 3.05) is 11.1 Å². The summed E-state index contributed by atoms with van der Waals surface area (Å²) in [4.78, 5) is 36.7. The van der Waals surface area contributed by atoms with Crippen molar-refractivity contribution in [1.82, 2.24) is 15.0 Å². The Morgan fingerprint density at radius 1 is 0.780 bits per heavy atom. The van der Waals surface area contributed by atoms with Gasteiger partial charge in [0.1, 0.15) is 9.79 Å². The van der Waals surface area contributed by atoms with Crippen molar-refractivity contribution < 1.29 is 35.5 Å². The summed E-state index contributed by atoms with van der Waals surface area (Å²) in [7, 11) is -9.73. The van der Waals surface area contributed by atoms with Crippen LogP contribution in [0.15, 0.2) is 58.3 Å². The highest BCUT2D eigenvalue weighted by Gasteiger charge is 2.36. The van der Waals surface area contributed by atoms with E-state index < -0.39 is 47.3 Å². The number of nitrogens with zero attached hydrogens (tertiary/aromatic N) is 3. The molecule has 0 spiro atoms. The number of fused-ring (bicyclic) bond motifs is 2. The Balaban J connectivity index is 1.69. The molecule has 1 aromatic heterocycles. The zero-order chi connectivity index (χ0) is 29.9. The first kappa shape index (κ1) is 28.5. The molecule has 1 aliphatic rings. The van der Waals surface area contributed by atoms with Gasteiger partial charge in [-0.3, -0.25) is 18.7 Å². The van der Waals surface area contributed by atoms with Gasteiger partial charge in [0.25, 0.3) is 20.2 Å². The fourth-order valence-corrected chi connectivity index (χ4v) is 6.12. The summed E-state index contributed by atoms with van der Waals surface area (Å²) in [6.45, 7) is 0. The summed E-state index contributed by atoms with van der Waals surface area (Å²) in [6.07, 6.45) is -0.258. The molecule has 210 valence electrons. The summed E-state index contributed by atoms with van der Waals surface area (Å²) in [5.41, 5.74) is 4.94. The van der Waals surface area contributed by atoms with Crippen LogP contribution in [0.3, 0.4) is 0 Å². The first-order chi connectivity index (χ1) is 19.1. The fraction of sp³-hybridized carbons (Fsp3) is 0.0417. The molecule has 0 saturated heterocycles. The van der Waals surface area contributed by atoms with Crippen molar-refractivity contribution in [3.8, 4) is 0 Å². The molecule has 0 atom stereocenters. The zero-order valence-corrected chi connectivity index (χ0v) is 23.3. The van der Waals surface area contributed by atoms with E-state index >= 15 is 0 Å². The standard InChI is InChI=1S/C24H15Cl2N5O8S2/c25-22-29-23(26)31-24(30-22)28-14-8-10(5-6-15(14)40(34,35)36)7-11-9-16(41(37,38)39)19(27)18-17(11)20(32)12-3-1-2-4-13(12)21(18)33/h1-6,8-9H,7,27H2,(H,34,35,36)(H,37,38,39)(H,28,29,30,31). The molecule has 1 heterocycles. The number of carbonyl (C=O) groups is 2. The number of nitrogen functional groups attached to an aromatic ring is 1. The smallest absolute Gasteiger partial charge is 0.296 e. The van der Waals surface area contributed by atoms with Crippen molar-refractivity contribution in [2.45, 2.75) is 16.2 Å². The molecule has 0 radical (unpaired) electrons. The Bertz CT molecular complexity index is 2020. The number of aromatic nitrogens is 3. The number of hydrogen-bond acceptors (Lipinski definition) is 11. The van der Waals surface area contributed by atoms with Gasteiger partial charge in [0, 0.05) is 16.7 Å². The van der Waals surface area contributed by atoms with Crippen LogP contribution in [0.2, 0.25) is 10.6 Å². The maximum absolute atomic E-state index is 13.5. The van der Waals surface area contributed by atoms with Gasteiger partial charge in [0.2, 0.25) is 16.5 Å². The molecule has 0 aliphatic heterocycles. The highest BCUT2D eigenvalue weighted by atomic mass is 35.5. The second kappa shape index (κ2) is 10.1. The second-order valence-electron chi connectivity index (χ2n) is 8.68. The first-order valence-electron chi connectivity index (χ1n) is 11.2. The van der Waals surface area contributed by atoms with Crippen LogP contribution in [0, 0.1) is 0 Å². The topological polar surface area (TPSA) is 220 Å². The van der Waals surface area contributed by atoms with Crippen molar-refractivity contribution in [3.05, 3.63) is 92.5 Å². The second-order valence-corrected chi connectivity index (χ2v) is 12.1. The zero-order valence-electron chi connectivity index (χ0n) is 20.2. The van der Waals surface area contributed by atoms with Gasteiger partial charge in [-0.15, -0.1) is 0 Å². The highest BCUT2D eigenvalue weighted by Crippen LogP contribution is 2.38. The summed E-state index contributed by atoms with van der Waals surface area (Å²) in [6, 6.07) is 10.4. The van der Waals surface area contributed by atoms with Crippen molar-refractivity contribution in [3.63, 3.8) is 0 Å². The van der Waals surface area contributed by atoms with Gasteiger partial charge in [-0.2, -0.15) is 31.8 Å². The number of benzene rings is 3. The average molecular weight is 636 g/mol. The maximum atomic E-state index is 13.5. The Morgan fingerprint density at radius 2 is 1.34 bits per heavy atom. The van der Waals surface area contributed by atoms with Crippen LogP contribution >= 0.6 is 23.2 Å². The van der Waals surface area contributed by atoms with Crippen molar-refractivity contribution in [1.29, 1.82) is 0 Å². The molecule has 0 saturated carbocycles. The Morgan fingerprint density at radius 3 is 1.90 bits per heavy atom. The number of hydrogen-bond donors (Lipinski definition) is 4. The van der Waals surface area contributed by atoms with Crippen LogP contribution in [0.4, 0.5) is 17.3 Å². The number of nitrogens with two attached hydrogens (primary N) is 1. The molecule has 17 heteroatoms. The highest BCUT2D eigenvalue weighted by molar-refractivity contribution is 7.86. The van der Waals surface area contributed by atoms with Gasteiger partial charge in [-0.1, -0.05) is 30.3 Å². The minimum atomic E-state index is -4.94. The van der Waals surface area contributed by atoms with Gasteiger partial charge in [-0.25, -0.2) is 0 Å². The predicted molar refractivity (Wildman–Crippen MR) is 146 cm³/mol. The molecule has 0 amide bonds. The van der Waals surface area contributed by atoms with Gasteiger partial charge >= 0.3 is 0 Å². The SMILES string of the molecule is Nc1c(S(=O)(=O)O)cc(Cc2ccc(S(=O)(=O)O)c(Nc3nc(Cl)nc(Cl)n3)c2)c2c1C(=O)c1ccccc1C2=O. The molecular formula is C24H15Cl2N5O8S2. The van der Waals surface area contributed by atoms with Crippen LogP contribution in [0.1, 0.15) is 43.0 Å². The van der Waals surface area contributed by atoms with Crippen molar-refractivity contribution >= 4 is 72.3 Å². The number of rotatable bonds is 6. The maximum Gasteiger partial charge on any atom is 0.296 e. The van der Waals surface area contributed by atoms with Crippen molar-refractivity contribution in [2.24, 2.45) is 0 Å². The fourth-order valence-electron chi connectivity index (χ4n) is 4.45. The van der Waals surface area contributed by atoms with Crippen LogP contribution in [0.25, 0.3) is 0 Å². The quantitative estimate of drug-likeness (QED) is 0.155. The number of carbonyl (C=O) groups excluding carboxylic acids is 2. The molecule has 5 N–H and O–H groups in total. The van der Waals surface area contributed by atoms with Crippen LogP contribution in [-0.2, 0) is 26.7 Å². The largest absolute Gasteiger partial charge is 0.397 e. The lowest BCUT2D eigenvalue weighted by molar-refractivity contribution is 0.0979. The number of anilines is 3. The van der Waals surface area contributed by atoms with Crippen LogP contribution in [-0.4, -0.2) is 52.5 Å². The molecule has 0 fully saturated rings. The van der Waals surface area contributed by atoms with E-state index in [4.69, 9.17) is 28.9 Å². The Hall–Kier alpha value is -3.99. The molecule has 41 heavy (non-hydrogen) atoms. The van der Waals surface area contributed by atoms with E-state index in [1.807, 2.05) is 0 Å². The molecule has 4 aromatic rings. The van der Waals surface area contributed by atoms with Gasteiger partial charge in [0.15, 0.2) is 11.6 Å². The third kappa shape index (κ3) is 5.38. The van der Waals surface area contributed by atoms with Crippen LogP contribution < -0.4 is 11.1 Å². The lowest BCUT2D eigenvalue weighted by atomic mass is 9.80. The molecular weight excluding hydrogens is 621 g/mol. The molecule has 13 nitrogen and oxygen atoms in total. The lowest BCUT2D eigenvalue weighted by Crippen LogP contribution is -2.25. The number of nitrogens with one attached hydrogen (secondary N) is 1. The van der Waals surface area contributed by atoms with E-state index in [1.165, 1.54) is 30.3 Å². The Labute approximate surface area is 241 Å². The Kier molecular flexibility index (Phi) is 7.05. The van der Waals surface area contributed by atoms with E-state index in [0.29, 0.717) is 0 Å². The van der Waals surface area contributed by atoms with Gasteiger partial charge < -0.3 is 11.1 Å². The third-order valence-electron chi connectivity index (χ3n) is 6.10. The van der Waals surface area contributed by atoms with E-state index in [0.717, 1.165) is 12.1 Å². The van der Waals surface area contributed by atoms with Gasteiger partial charge in [-0.05, 0) is 58.9 Å². The van der Waals surface area contributed by atoms with Gasteiger partial charge in [0.05, 0.1) is 16.9 Å². The first-order valence-corrected chi connectivity index (χ1v) is 14.8.